The van der Waals surface area contributed by atoms with Crippen LogP contribution in [0.4, 0.5) is 0 Å². The Morgan fingerprint density at radius 2 is 2.12 bits per heavy atom. The van der Waals surface area contributed by atoms with Crippen LogP contribution in [0.15, 0.2) is 16.5 Å². The van der Waals surface area contributed by atoms with Gasteiger partial charge in [-0.3, -0.25) is 4.90 Å². The third-order valence-electron chi connectivity index (χ3n) is 2.83. The second-order valence-corrected chi connectivity index (χ2v) is 5.41. The fourth-order valence-electron chi connectivity index (χ4n) is 1.69. The quantitative estimate of drug-likeness (QED) is 0.709. The first-order valence-corrected chi connectivity index (χ1v) is 7.03. The van der Waals surface area contributed by atoms with Gasteiger partial charge in [0.25, 0.3) is 0 Å². The maximum absolute atomic E-state index is 5.56. The monoisotopic (exact) mass is 287 g/mol. The summed E-state index contributed by atoms with van der Waals surface area (Å²) < 4.78 is 5.56. The van der Waals surface area contributed by atoms with Gasteiger partial charge in [0.2, 0.25) is 0 Å². The van der Waals surface area contributed by atoms with Crippen LogP contribution in [0.5, 0.6) is 0 Å². The van der Waals surface area contributed by atoms with Gasteiger partial charge in [-0.2, -0.15) is 0 Å². The molecule has 1 rings (SSSR count). The third-order valence-corrected chi connectivity index (χ3v) is 3.29. The lowest BCUT2D eigenvalue weighted by Crippen LogP contribution is -2.20. The van der Waals surface area contributed by atoms with Crippen molar-refractivity contribution in [1.82, 2.24) is 4.90 Å². The van der Waals surface area contributed by atoms with Crippen molar-refractivity contribution in [3.63, 3.8) is 0 Å². The number of alkyl halides is 1. The zero-order valence-corrected chi connectivity index (χ0v) is 12.1. The highest BCUT2D eigenvalue weighted by Crippen LogP contribution is 2.12. The highest BCUT2D eigenvalue weighted by atomic mass is 79.9. The molecule has 3 heteroatoms. The Kier molecular flexibility index (Phi) is 6.14. The van der Waals surface area contributed by atoms with Crippen molar-refractivity contribution in [1.29, 1.82) is 0 Å². The van der Waals surface area contributed by atoms with Gasteiger partial charge < -0.3 is 4.42 Å². The van der Waals surface area contributed by atoms with Crippen LogP contribution in [-0.2, 0) is 6.54 Å². The fraction of sp³-hybridized carbons (Fsp3) is 0.692. The molecule has 0 aliphatic carbocycles. The number of furan rings is 1. The van der Waals surface area contributed by atoms with Crippen LogP contribution >= 0.6 is 15.9 Å². The predicted molar refractivity (Wildman–Crippen MR) is 72.0 cm³/mol. The average molecular weight is 288 g/mol. The smallest absolute Gasteiger partial charge is 0.118 e. The van der Waals surface area contributed by atoms with Gasteiger partial charge >= 0.3 is 0 Å². The lowest BCUT2D eigenvalue weighted by atomic mass is 10.1. The van der Waals surface area contributed by atoms with E-state index in [-0.39, 0.29) is 0 Å². The van der Waals surface area contributed by atoms with E-state index in [1.807, 2.05) is 13.0 Å². The summed E-state index contributed by atoms with van der Waals surface area (Å²) in [5, 5.41) is 1.11. The molecule has 92 valence electrons. The first-order chi connectivity index (χ1) is 7.61. The molecular weight excluding hydrogens is 266 g/mol. The molecule has 1 unspecified atom stereocenters. The highest BCUT2D eigenvalue weighted by Gasteiger charge is 2.06. The van der Waals surface area contributed by atoms with Gasteiger partial charge in [-0.05, 0) is 51.4 Å². The fourth-order valence-corrected chi connectivity index (χ4v) is 2.47. The number of hydrogen-bond donors (Lipinski definition) is 0. The molecule has 1 atom stereocenters. The lowest BCUT2D eigenvalue weighted by Gasteiger charge is -2.17. The maximum Gasteiger partial charge on any atom is 0.118 e. The zero-order chi connectivity index (χ0) is 12.0. The van der Waals surface area contributed by atoms with Gasteiger partial charge in [0.15, 0.2) is 0 Å². The van der Waals surface area contributed by atoms with E-state index < -0.39 is 0 Å². The van der Waals surface area contributed by atoms with Gasteiger partial charge in [0.05, 0.1) is 6.54 Å². The Balaban J connectivity index is 2.23. The summed E-state index contributed by atoms with van der Waals surface area (Å²) in [6.45, 7) is 6.34. The average Bonchev–Trinajstić information content (AvgIpc) is 2.61. The second kappa shape index (κ2) is 7.13. The summed E-state index contributed by atoms with van der Waals surface area (Å²) in [5.41, 5.74) is 0. The molecule has 0 spiro atoms. The molecule has 0 aliphatic heterocycles. The molecule has 16 heavy (non-hydrogen) atoms. The molecule has 0 saturated carbocycles. The Morgan fingerprint density at radius 3 is 2.69 bits per heavy atom. The van der Waals surface area contributed by atoms with E-state index in [0.29, 0.717) is 0 Å². The highest BCUT2D eigenvalue weighted by molar-refractivity contribution is 9.09. The molecule has 1 aromatic heterocycles. The SMILES string of the molecule is Cc1ccc(CN(C)CCC(C)CCBr)o1. The summed E-state index contributed by atoms with van der Waals surface area (Å²) in [4.78, 5) is 2.32. The van der Waals surface area contributed by atoms with Crippen LogP contribution in [0.25, 0.3) is 0 Å². The minimum absolute atomic E-state index is 0.792. The zero-order valence-electron chi connectivity index (χ0n) is 10.5. The molecular formula is C13H22BrNO. The lowest BCUT2D eigenvalue weighted by molar-refractivity contribution is 0.271. The molecule has 1 heterocycles. The largest absolute Gasteiger partial charge is 0.465 e. The summed E-state index contributed by atoms with van der Waals surface area (Å²) >= 11 is 3.48. The van der Waals surface area contributed by atoms with Crippen LogP contribution in [-0.4, -0.2) is 23.8 Å². The maximum atomic E-state index is 5.56. The van der Waals surface area contributed by atoms with Gasteiger partial charge in [0, 0.05) is 5.33 Å². The van der Waals surface area contributed by atoms with Crippen LogP contribution < -0.4 is 0 Å². The van der Waals surface area contributed by atoms with Gasteiger partial charge in [-0.25, -0.2) is 0 Å². The molecule has 0 aliphatic rings. The van der Waals surface area contributed by atoms with Crippen molar-refractivity contribution >= 4 is 15.9 Å². The Labute approximate surface area is 107 Å². The molecule has 1 aromatic rings. The Morgan fingerprint density at radius 1 is 1.38 bits per heavy atom. The summed E-state index contributed by atoms with van der Waals surface area (Å²) in [6.07, 6.45) is 2.51. The van der Waals surface area contributed by atoms with Crippen LogP contribution in [0.1, 0.15) is 31.3 Å². The summed E-state index contributed by atoms with van der Waals surface area (Å²) in [6, 6.07) is 4.09. The third kappa shape index (κ3) is 5.17. The first kappa shape index (κ1) is 13.8. The van der Waals surface area contributed by atoms with E-state index in [2.05, 4.69) is 40.9 Å². The van der Waals surface area contributed by atoms with Crippen LogP contribution in [0.2, 0.25) is 0 Å². The van der Waals surface area contributed by atoms with E-state index in [9.17, 15) is 0 Å². The van der Waals surface area contributed by atoms with Crippen LogP contribution in [0, 0.1) is 12.8 Å². The van der Waals surface area contributed by atoms with Crippen molar-refractivity contribution < 1.29 is 4.42 Å². The minimum Gasteiger partial charge on any atom is -0.465 e. The summed E-state index contributed by atoms with van der Waals surface area (Å²) in [5.74, 6) is 2.85. The summed E-state index contributed by atoms with van der Waals surface area (Å²) in [7, 11) is 2.15. The molecule has 0 aromatic carbocycles. The van der Waals surface area contributed by atoms with Crippen LogP contribution in [0.3, 0.4) is 0 Å². The van der Waals surface area contributed by atoms with E-state index >= 15 is 0 Å². The molecule has 0 fully saturated rings. The number of nitrogens with zero attached hydrogens (tertiary/aromatic N) is 1. The second-order valence-electron chi connectivity index (χ2n) is 4.62. The van der Waals surface area contributed by atoms with Crippen molar-refractivity contribution in [2.75, 3.05) is 18.9 Å². The molecule has 0 bridgehead atoms. The number of rotatable bonds is 7. The Bertz CT molecular complexity index is 298. The van der Waals surface area contributed by atoms with Gasteiger partial charge in [-0.15, -0.1) is 0 Å². The van der Waals surface area contributed by atoms with Gasteiger partial charge in [-0.1, -0.05) is 22.9 Å². The molecule has 0 radical (unpaired) electrons. The number of hydrogen-bond acceptors (Lipinski definition) is 2. The van der Waals surface area contributed by atoms with Gasteiger partial charge in [0.1, 0.15) is 11.5 Å². The molecule has 0 amide bonds. The van der Waals surface area contributed by atoms with E-state index in [1.54, 1.807) is 0 Å². The van der Waals surface area contributed by atoms with Crippen molar-refractivity contribution in [3.8, 4) is 0 Å². The Hall–Kier alpha value is -0.280. The molecule has 0 saturated heterocycles. The standard InChI is InChI=1S/C13H22BrNO/c1-11(6-8-14)7-9-15(3)10-13-5-4-12(2)16-13/h4-5,11H,6-10H2,1-3H3. The van der Waals surface area contributed by atoms with Crippen molar-refractivity contribution in [2.24, 2.45) is 5.92 Å². The van der Waals surface area contributed by atoms with E-state index in [4.69, 9.17) is 4.42 Å². The van der Waals surface area contributed by atoms with E-state index in [1.165, 1.54) is 12.8 Å². The number of halogens is 1. The minimum atomic E-state index is 0.792. The molecule has 2 nitrogen and oxygen atoms in total. The van der Waals surface area contributed by atoms with E-state index in [0.717, 1.165) is 35.9 Å². The predicted octanol–water partition coefficient (Wildman–Crippen LogP) is 3.83. The van der Waals surface area contributed by atoms with Crippen molar-refractivity contribution in [3.05, 3.63) is 23.7 Å². The normalized spacial score (nSPS) is 13.3. The van der Waals surface area contributed by atoms with Crippen molar-refractivity contribution in [2.45, 2.75) is 33.2 Å². The topological polar surface area (TPSA) is 16.4 Å². The number of aryl methyl sites for hydroxylation is 1. The first-order valence-electron chi connectivity index (χ1n) is 5.91. The molecule has 0 N–H and O–H groups in total.